The molecule has 1 aliphatic rings. The first kappa shape index (κ1) is 22.4. The average Bonchev–Trinajstić information content (AvgIpc) is 3.48. The van der Waals surface area contributed by atoms with Crippen LogP contribution >= 0.6 is 0 Å². The Morgan fingerprint density at radius 1 is 1.00 bits per heavy atom. The van der Waals surface area contributed by atoms with E-state index in [2.05, 4.69) is 5.32 Å². The fourth-order valence-electron chi connectivity index (χ4n) is 4.20. The predicted molar refractivity (Wildman–Crippen MR) is 133 cm³/mol. The fraction of sp³-hybridized carbons (Fsp3) is 0.148. The number of urea groups is 1. The van der Waals surface area contributed by atoms with E-state index in [-0.39, 0.29) is 12.5 Å². The van der Waals surface area contributed by atoms with Gasteiger partial charge in [-0.15, -0.1) is 0 Å². The smallest absolute Gasteiger partial charge is 0.316 e. The van der Waals surface area contributed by atoms with Crippen molar-refractivity contribution >= 4 is 17.6 Å². The predicted octanol–water partition coefficient (Wildman–Crippen LogP) is 4.13. The van der Waals surface area contributed by atoms with E-state index in [1.807, 2.05) is 83.7 Å². The van der Waals surface area contributed by atoms with Crippen molar-refractivity contribution in [3.05, 3.63) is 102 Å². The van der Waals surface area contributed by atoms with Crippen LogP contribution in [0.25, 0.3) is 16.9 Å². The van der Waals surface area contributed by atoms with Crippen LogP contribution in [0.2, 0.25) is 0 Å². The van der Waals surface area contributed by atoms with E-state index >= 15 is 0 Å². The van der Waals surface area contributed by atoms with Gasteiger partial charge in [0, 0.05) is 29.6 Å². The van der Waals surface area contributed by atoms with E-state index in [1.54, 1.807) is 17.0 Å². The molecule has 4 aromatic rings. The molecule has 3 amide bonds. The van der Waals surface area contributed by atoms with Gasteiger partial charge < -0.3 is 20.7 Å². The van der Waals surface area contributed by atoms with E-state index in [4.69, 9.17) is 15.6 Å². The number of para-hydroxylation sites is 1. The van der Waals surface area contributed by atoms with Crippen molar-refractivity contribution in [3.63, 3.8) is 0 Å². The molecule has 0 unspecified atom stereocenters. The minimum atomic E-state index is -0.606. The molecule has 2 heterocycles. The molecule has 8 nitrogen and oxygen atoms in total. The lowest BCUT2D eigenvalue weighted by Gasteiger charge is -2.23. The number of rotatable bonds is 7. The van der Waals surface area contributed by atoms with Gasteiger partial charge in [0.25, 0.3) is 5.91 Å². The maximum Gasteiger partial charge on any atom is 0.316 e. The summed E-state index contributed by atoms with van der Waals surface area (Å²) in [6.45, 7) is 0.508. The molecule has 176 valence electrons. The largest absolute Gasteiger partial charge is 0.351 e. The number of carbonyl (C=O) groups is 2. The number of benzene rings is 3. The van der Waals surface area contributed by atoms with Gasteiger partial charge in [0.2, 0.25) is 0 Å². The van der Waals surface area contributed by atoms with Gasteiger partial charge in [-0.05, 0) is 36.2 Å². The molecule has 1 aromatic heterocycles. The topological polar surface area (TPSA) is 102 Å². The number of amides is 3. The van der Waals surface area contributed by atoms with Crippen molar-refractivity contribution in [1.82, 2.24) is 14.7 Å². The van der Waals surface area contributed by atoms with Crippen LogP contribution in [0.5, 0.6) is 0 Å². The molecule has 0 spiro atoms. The van der Waals surface area contributed by atoms with Crippen LogP contribution < -0.4 is 11.1 Å². The quantitative estimate of drug-likeness (QED) is 0.427. The van der Waals surface area contributed by atoms with E-state index in [0.717, 1.165) is 28.1 Å². The second kappa shape index (κ2) is 9.82. The van der Waals surface area contributed by atoms with Gasteiger partial charge in [-0.2, -0.15) is 5.10 Å². The Hall–Kier alpha value is -4.43. The highest BCUT2D eigenvalue weighted by Gasteiger charge is 2.36. The van der Waals surface area contributed by atoms with Gasteiger partial charge in [0.05, 0.1) is 5.69 Å². The van der Waals surface area contributed by atoms with Crippen molar-refractivity contribution in [1.29, 1.82) is 0 Å². The number of hydrogen-bond acceptors (Lipinski definition) is 4. The lowest BCUT2D eigenvalue weighted by atomic mass is 10.1. The average molecular weight is 468 g/mol. The highest BCUT2D eigenvalue weighted by Crippen LogP contribution is 2.35. The number of nitrogens with one attached hydrogen (secondary N) is 1. The van der Waals surface area contributed by atoms with Gasteiger partial charge in [0.1, 0.15) is 12.3 Å². The molecule has 0 bridgehead atoms. The van der Waals surface area contributed by atoms with Crippen molar-refractivity contribution in [2.75, 3.05) is 18.5 Å². The number of nitrogens with two attached hydrogens (primary N) is 1. The summed E-state index contributed by atoms with van der Waals surface area (Å²) >= 11 is 0. The second-order valence-electron chi connectivity index (χ2n) is 8.27. The summed E-state index contributed by atoms with van der Waals surface area (Å²) in [5, 5.41) is 7.41. The highest BCUT2D eigenvalue weighted by molar-refractivity contribution is 5.87. The van der Waals surface area contributed by atoms with Crippen molar-refractivity contribution in [2.24, 2.45) is 5.73 Å². The van der Waals surface area contributed by atoms with Crippen LogP contribution in [-0.4, -0.2) is 39.8 Å². The molecule has 0 radical (unpaired) electrons. The van der Waals surface area contributed by atoms with Crippen LogP contribution in [0.15, 0.2) is 91.1 Å². The molecule has 3 N–H and O–H groups in total. The lowest BCUT2D eigenvalue weighted by Crippen LogP contribution is -2.30. The first-order valence-corrected chi connectivity index (χ1v) is 11.4. The third kappa shape index (κ3) is 4.92. The number of primary amides is 1. The number of aromatic nitrogens is 2. The molecule has 0 aliphatic carbocycles. The van der Waals surface area contributed by atoms with E-state index < -0.39 is 12.3 Å². The Kier molecular flexibility index (Phi) is 6.28. The van der Waals surface area contributed by atoms with Gasteiger partial charge in [-0.1, -0.05) is 60.7 Å². The van der Waals surface area contributed by atoms with Crippen LogP contribution in [0.3, 0.4) is 0 Å². The third-order valence-electron chi connectivity index (χ3n) is 5.91. The van der Waals surface area contributed by atoms with E-state index in [9.17, 15) is 9.59 Å². The highest BCUT2D eigenvalue weighted by atomic mass is 16.5. The summed E-state index contributed by atoms with van der Waals surface area (Å²) in [4.78, 5) is 25.6. The molecule has 35 heavy (non-hydrogen) atoms. The summed E-state index contributed by atoms with van der Waals surface area (Å²) in [6, 6.07) is 26.6. The van der Waals surface area contributed by atoms with Crippen LogP contribution in [-0.2, 0) is 16.0 Å². The summed E-state index contributed by atoms with van der Waals surface area (Å²) in [6.07, 6.45) is 2.04. The van der Waals surface area contributed by atoms with Gasteiger partial charge in [0.15, 0.2) is 6.23 Å². The van der Waals surface area contributed by atoms with Gasteiger partial charge in [-0.25, -0.2) is 9.48 Å². The van der Waals surface area contributed by atoms with Crippen molar-refractivity contribution < 1.29 is 14.3 Å². The molecule has 8 heteroatoms. The number of hydrogen-bond donors (Lipinski definition) is 2. The molecule has 1 saturated heterocycles. The van der Waals surface area contributed by atoms with E-state index in [1.165, 1.54) is 0 Å². The minimum absolute atomic E-state index is 0.0247. The van der Waals surface area contributed by atoms with Crippen molar-refractivity contribution in [3.8, 4) is 16.9 Å². The standard InChI is InChI=1S/C27H25N5O3/c28-27(34)29-21-13-11-19(12-14-21)15-16-31-24(33)18-35-26(31)23-17-32(22-9-5-2-6-10-22)30-25(23)20-7-3-1-4-8-20/h1-14,17,26H,15-16,18H2,(H3,28,29,34)/t26-/m1/s1. The zero-order valence-corrected chi connectivity index (χ0v) is 19.0. The molecule has 1 aliphatic heterocycles. The Morgan fingerprint density at radius 2 is 1.69 bits per heavy atom. The minimum Gasteiger partial charge on any atom is -0.351 e. The first-order valence-electron chi connectivity index (χ1n) is 11.4. The summed E-state index contributed by atoms with van der Waals surface area (Å²) in [5.41, 5.74) is 10.3. The summed E-state index contributed by atoms with van der Waals surface area (Å²) < 4.78 is 7.81. The first-order chi connectivity index (χ1) is 17.1. The third-order valence-corrected chi connectivity index (χ3v) is 5.91. The summed E-state index contributed by atoms with van der Waals surface area (Å²) in [5.74, 6) is -0.0616. The van der Waals surface area contributed by atoms with Crippen LogP contribution in [0.1, 0.15) is 17.4 Å². The number of carbonyl (C=O) groups excluding carboxylic acids is 2. The second-order valence-corrected chi connectivity index (χ2v) is 8.27. The molecular weight excluding hydrogens is 442 g/mol. The molecule has 3 aromatic carbocycles. The van der Waals surface area contributed by atoms with Gasteiger partial charge >= 0.3 is 6.03 Å². The maximum absolute atomic E-state index is 12.8. The van der Waals surface area contributed by atoms with Crippen LogP contribution in [0, 0.1) is 0 Å². The Bertz CT molecular complexity index is 1320. The van der Waals surface area contributed by atoms with Crippen LogP contribution in [0.4, 0.5) is 10.5 Å². The summed E-state index contributed by atoms with van der Waals surface area (Å²) in [7, 11) is 0. The molecule has 5 rings (SSSR count). The number of anilines is 1. The van der Waals surface area contributed by atoms with Gasteiger partial charge in [-0.3, -0.25) is 4.79 Å². The molecule has 1 atom stereocenters. The Labute approximate surface area is 202 Å². The SMILES string of the molecule is NC(=O)Nc1ccc(CCN2C(=O)CO[C@@H]2c2cn(-c3ccccc3)nc2-c2ccccc2)cc1. The van der Waals surface area contributed by atoms with E-state index in [0.29, 0.717) is 18.7 Å². The number of nitrogens with zero attached hydrogens (tertiary/aromatic N) is 3. The maximum atomic E-state index is 12.8. The molecular formula is C27H25N5O3. The Balaban J connectivity index is 1.42. The normalized spacial score (nSPS) is 15.4. The molecule has 0 saturated carbocycles. The molecule has 1 fully saturated rings. The lowest BCUT2D eigenvalue weighted by molar-refractivity contribution is -0.128. The zero-order chi connectivity index (χ0) is 24.2. The fourth-order valence-corrected chi connectivity index (χ4v) is 4.20. The number of ether oxygens (including phenoxy) is 1. The zero-order valence-electron chi connectivity index (χ0n) is 19.0. The van der Waals surface area contributed by atoms with Crippen molar-refractivity contribution in [2.45, 2.75) is 12.6 Å². The monoisotopic (exact) mass is 467 g/mol. The Morgan fingerprint density at radius 3 is 2.37 bits per heavy atom.